The normalized spacial score (nSPS) is 15.4. The van der Waals surface area contributed by atoms with Crippen LogP contribution < -0.4 is 16.0 Å². The highest BCUT2D eigenvalue weighted by Crippen LogP contribution is 2.30. The van der Waals surface area contributed by atoms with E-state index in [2.05, 4.69) is 38.3 Å². The van der Waals surface area contributed by atoms with Crippen molar-refractivity contribution in [1.29, 1.82) is 0 Å². The molecule has 42 heavy (non-hydrogen) atoms. The number of Topliss-reactive ketones (excluding diaryl/α,β-unsaturated/α-hetero) is 1. The molecule has 2 amide bonds. The third-order valence-electron chi connectivity index (χ3n) is 6.77. The number of ether oxygens (including phenoxy) is 1. The Bertz CT molecular complexity index is 1130. The van der Waals surface area contributed by atoms with Gasteiger partial charge in [0.05, 0.1) is 6.04 Å². The maximum atomic E-state index is 13.7. The van der Waals surface area contributed by atoms with Crippen molar-refractivity contribution >= 4 is 42.0 Å². The standard InChI is InChI=1S/C30H45N5O5S.ClH/c1-21(2)20-23(32-26(37)30(15-10-7-11-16-30)33-27(38)40-29(3,4)5)24(36)25-34-35-28(39-25)41-19-18-31-17-14-22-12-8-6-9-13-22;/h6,8-9,12-13,21,23,31H,7,10-11,14-20H2,1-5H3,(H,32,37)(H,33,38);1H. The molecular weight excluding hydrogens is 578 g/mol. The molecule has 0 bridgehead atoms. The van der Waals surface area contributed by atoms with Crippen molar-refractivity contribution in [3.05, 3.63) is 41.8 Å². The maximum absolute atomic E-state index is 13.7. The van der Waals surface area contributed by atoms with Gasteiger partial charge in [0.1, 0.15) is 11.1 Å². The summed E-state index contributed by atoms with van der Waals surface area (Å²) in [5.74, 6) is -0.138. The van der Waals surface area contributed by atoms with Crippen LogP contribution in [0.25, 0.3) is 0 Å². The SMILES string of the molecule is CC(C)CC(NC(=O)C1(NC(=O)OC(C)(C)C)CCCCC1)C(=O)c1nnc(SCCNCCc2ccccc2)o1.Cl. The Labute approximate surface area is 259 Å². The molecule has 1 saturated carbocycles. The van der Waals surface area contributed by atoms with Crippen molar-refractivity contribution in [2.75, 3.05) is 18.8 Å². The summed E-state index contributed by atoms with van der Waals surface area (Å²) in [6.45, 7) is 10.9. The smallest absolute Gasteiger partial charge is 0.408 e. The number of carbonyl (C=O) groups is 3. The minimum absolute atomic E-state index is 0. The number of nitrogens with zero attached hydrogens (tertiary/aromatic N) is 2. The van der Waals surface area contributed by atoms with Crippen molar-refractivity contribution < 1.29 is 23.5 Å². The molecule has 1 aromatic carbocycles. The number of halogens is 1. The lowest BCUT2D eigenvalue weighted by molar-refractivity contribution is -0.129. The van der Waals surface area contributed by atoms with Crippen LogP contribution in [0.3, 0.4) is 0 Å². The fraction of sp³-hybridized carbons (Fsp3) is 0.633. The lowest BCUT2D eigenvalue weighted by Crippen LogP contribution is -2.62. The van der Waals surface area contributed by atoms with Crippen molar-refractivity contribution in [1.82, 2.24) is 26.1 Å². The van der Waals surface area contributed by atoms with Crippen LogP contribution in [0.4, 0.5) is 4.79 Å². The second kappa shape index (κ2) is 16.9. The number of aromatic nitrogens is 2. The van der Waals surface area contributed by atoms with Gasteiger partial charge < -0.3 is 25.1 Å². The molecule has 2 aromatic rings. The Hall–Kier alpha value is -2.63. The molecule has 1 aliphatic carbocycles. The van der Waals surface area contributed by atoms with Gasteiger partial charge in [-0.05, 0) is 64.5 Å². The third kappa shape index (κ3) is 11.6. The lowest BCUT2D eigenvalue weighted by atomic mass is 9.80. The number of hydrogen-bond donors (Lipinski definition) is 3. The second-order valence-electron chi connectivity index (χ2n) is 12.0. The van der Waals surface area contributed by atoms with Crippen LogP contribution in [0.2, 0.25) is 0 Å². The predicted octanol–water partition coefficient (Wildman–Crippen LogP) is 5.36. The maximum Gasteiger partial charge on any atom is 0.408 e. The van der Waals surface area contributed by atoms with Crippen LogP contribution in [0.1, 0.15) is 89.4 Å². The number of nitrogens with one attached hydrogen (secondary N) is 3. The first-order valence-electron chi connectivity index (χ1n) is 14.5. The van der Waals surface area contributed by atoms with E-state index >= 15 is 0 Å². The van der Waals surface area contributed by atoms with Gasteiger partial charge in [-0.15, -0.1) is 22.6 Å². The predicted molar refractivity (Wildman–Crippen MR) is 166 cm³/mol. The Morgan fingerprint density at radius 3 is 2.38 bits per heavy atom. The summed E-state index contributed by atoms with van der Waals surface area (Å²) in [5.41, 5.74) is -0.552. The second-order valence-corrected chi connectivity index (χ2v) is 13.0. The first-order chi connectivity index (χ1) is 19.5. The summed E-state index contributed by atoms with van der Waals surface area (Å²) < 4.78 is 11.1. The fourth-order valence-electron chi connectivity index (χ4n) is 4.79. The van der Waals surface area contributed by atoms with E-state index in [1.807, 2.05) is 32.0 Å². The average molecular weight is 624 g/mol. The highest BCUT2D eigenvalue weighted by molar-refractivity contribution is 7.99. The number of benzene rings is 1. The van der Waals surface area contributed by atoms with Gasteiger partial charge in [0.25, 0.3) is 11.1 Å². The fourth-order valence-corrected chi connectivity index (χ4v) is 5.45. The molecule has 0 aliphatic heterocycles. The lowest BCUT2D eigenvalue weighted by Gasteiger charge is -2.38. The molecule has 10 nitrogen and oxygen atoms in total. The Morgan fingerprint density at radius 2 is 1.74 bits per heavy atom. The molecule has 1 heterocycles. The molecule has 1 aliphatic rings. The Kier molecular flexibility index (Phi) is 14.3. The summed E-state index contributed by atoms with van der Waals surface area (Å²) in [6.07, 6.45) is 4.20. The van der Waals surface area contributed by atoms with Gasteiger partial charge in [-0.2, -0.15) is 0 Å². The van der Waals surface area contributed by atoms with Crippen LogP contribution >= 0.6 is 24.2 Å². The number of ketones is 1. The van der Waals surface area contributed by atoms with Gasteiger partial charge in [0.2, 0.25) is 11.7 Å². The van der Waals surface area contributed by atoms with E-state index in [0.29, 0.717) is 30.2 Å². The number of amides is 2. The van der Waals surface area contributed by atoms with Crippen LogP contribution in [-0.2, 0) is 16.0 Å². The van der Waals surface area contributed by atoms with E-state index in [4.69, 9.17) is 9.15 Å². The first-order valence-corrected chi connectivity index (χ1v) is 15.5. The largest absolute Gasteiger partial charge is 0.444 e. The monoisotopic (exact) mass is 623 g/mol. The molecule has 1 fully saturated rings. The molecule has 0 radical (unpaired) electrons. The molecule has 1 unspecified atom stereocenters. The molecule has 12 heteroatoms. The molecule has 3 N–H and O–H groups in total. The number of hydrogen-bond acceptors (Lipinski definition) is 9. The van der Waals surface area contributed by atoms with Crippen molar-refractivity contribution in [3.8, 4) is 0 Å². The minimum Gasteiger partial charge on any atom is -0.444 e. The van der Waals surface area contributed by atoms with Crippen LogP contribution in [0.15, 0.2) is 40.0 Å². The zero-order valence-electron chi connectivity index (χ0n) is 25.4. The van der Waals surface area contributed by atoms with Crippen LogP contribution in [-0.4, -0.2) is 64.0 Å². The van der Waals surface area contributed by atoms with Crippen molar-refractivity contribution in [3.63, 3.8) is 0 Å². The Morgan fingerprint density at radius 1 is 1.05 bits per heavy atom. The van der Waals surface area contributed by atoms with E-state index in [-0.39, 0.29) is 24.2 Å². The van der Waals surface area contributed by atoms with Gasteiger partial charge in [0, 0.05) is 12.3 Å². The third-order valence-corrected chi connectivity index (χ3v) is 7.59. The van der Waals surface area contributed by atoms with Crippen LogP contribution in [0, 0.1) is 5.92 Å². The number of rotatable bonds is 14. The molecular formula is C30H46ClN5O5S. The average Bonchev–Trinajstić information content (AvgIpc) is 3.38. The van der Waals surface area contributed by atoms with Gasteiger partial charge in [0.15, 0.2) is 0 Å². The minimum atomic E-state index is -1.14. The highest BCUT2D eigenvalue weighted by atomic mass is 35.5. The Balaban J connectivity index is 0.00000616. The van der Waals surface area contributed by atoms with Gasteiger partial charge >= 0.3 is 6.09 Å². The van der Waals surface area contributed by atoms with E-state index in [1.54, 1.807) is 20.8 Å². The zero-order chi connectivity index (χ0) is 29.9. The summed E-state index contributed by atoms with van der Waals surface area (Å²) in [7, 11) is 0. The van der Waals surface area contributed by atoms with Gasteiger partial charge in [-0.25, -0.2) is 4.79 Å². The number of carbonyl (C=O) groups excluding carboxylic acids is 3. The summed E-state index contributed by atoms with van der Waals surface area (Å²) >= 11 is 1.37. The van der Waals surface area contributed by atoms with E-state index in [9.17, 15) is 14.4 Å². The van der Waals surface area contributed by atoms with Gasteiger partial charge in [-0.3, -0.25) is 9.59 Å². The number of thioether (sulfide) groups is 1. The molecule has 234 valence electrons. The highest BCUT2D eigenvalue weighted by Gasteiger charge is 2.43. The summed E-state index contributed by atoms with van der Waals surface area (Å²) in [5, 5.41) is 17.5. The zero-order valence-corrected chi connectivity index (χ0v) is 27.0. The van der Waals surface area contributed by atoms with Crippen LogP contribution in [0.5, 0.6) is 0 Å². The number of alkyl carbamates (subject to hydrolysis) is 1. The van der Waals surface area contributed by atoms with E-state index in [1.165, 1.54) is 17.3 Å². The van der Waals surface area contributed by atoms with Crippen molar-refractivity contribution in [2.45, 2.75) is 102 Å². The molecule has 3 rings (SSSR count). The summed E-state index contributed by atoms with van der Waals surface area (Å²) in [4.78, 5) is 39.7. The topological polar surface area (TPSA) is 135 Å². The first kappa shape index (κ1) is 35.6. The van der Waals surface area contributed by atoms with Gasteiger partial charge in [-0.1, -0.05) is 75.2 Å². The van der Waals surface area contributed by atoms with Crippen molar-refractivity contribution in [2.24, 2.45) is 5.92 Å². The molecule has 0 saturated heterocycles. The molecule has 1 atom stereocenters. The van der Waals surface area contributed by atoms with E-state index in [0.717, 1.165) is 38.8 Å². The molecule has 1 aromatic heterocycles. The summed E-state index contributed by atoms with van der Waals surface area (Å²) in [6, 6.07) is 9.42. The molecule has 0 spiro atoms. The quantitative estimate of drug-likeness (QED) is 0.144. The van der Waals surface area contributed by atoms with E-state index < -0.39 is 35.0 Å².